The van der Waals surface area contributed by atoms with Crippen LogP contribution >= 0.6 is 11.3 Å². The van der Waals surface area contributed by atoms with E-state index in [1.54, 1.807) is 4.90 Å². The summed E-state index contributed by atoms with van der Waals surface area (Å²) in [5, 5.41) is 4.41. The van der Waals surface area contributed by atoms with Crippen LogP contribution in [0.5, 0.6) is 0 Å². The Hall–Kier alpha value is -3.06. The lowest BCUT2D eigenvalue weighted by Gasteiger charge is -2.40. The fraction of sp³-hybridized carbons (Fsp3) is 0.217. The van der Waals surface area contributed by atoms with Crippen LogP contribution in [-0.2, 0) is 9.59 Å². The maximum Gasteiger partial charge on any atom is 0.230 e. The minimum Gasteiger partial charge on any atom is -0.323 e. The zero-order chi connectivity index (χ0) is 21.3. The Morgan fingerprint density at radius 2 is 1.90 bits per heavy atom. The molecule has 1 aliphatic heterocycles. The Bertz CT molecular complexity index is 1070. The molecule has 0 saturated carbocycles. The zero-order valence-corrected chi connectivity index (χ0v) is 17.1. The molecule has 154 valence electrons. The van der Waals surface area contributed by atoms with Gasteiger partial charge in [-0.15, -0.1) is 11.3 Å². The van der Waals surface area contributed by atoms with Gasteiger partial charge in [0, 0.05) is 23.1 Å². The van der Waals surface area contributed by atoms with E-state index >= 15 is 0 Å². The molecule has 2 heterocycles. The van der Waals surface area contributed by atoms with Crippen molar-refractivity contribution in [1.29, 1.82) is 0 Å². The van der Waals surface area contributed by atoms with E-state index in [4.69, 9.17) is 0 Å². The highest BCUT2D eigenvalue weighted by Crippen LogP contribution is 2.42. The monoisotopic (exact) mass is 426 g/mol. The average molecular weight is 426 g/mol. The first-order chi connectivity index (χ1) is 14.4. The first-order valence-electron chi connectivity index (χ1n) is 9.62. The maximum atomic E-state index is 14.1. The van der Waals surface area contributed by atoms with E-state index in [0.717, 1.165) is 28.6 Å². The molecule has 1 saturated heterocycles. The molecule has 0 bridgehead atoms. The number of aryl methyl sites for hydroxylation is 1. The predicted octanol–water partition coefficient (Wildman–Crippen LogP) is 5.46. The van der Waals surface area contributed by atoms with Crippen LogP contribution in [0.15, 0.2) is 60.0 Å². The fourth-order valence-electron chi connectivity index (χ4n) is 3.78. The predicted molar refractivity (Wildman–Crippen MR) is 113 cm³/mol. The van der Waals surface area contributed by atoms with E-state index in [1.165, 1.54) is 11.3 Å². The first kappa shape index (κ1) is 20.2. The summed E-state index contributed by atoms with van der Waals surface area (Å²) < 4.78 is 27.6. The number of carbonyl (C=O) groups is 2. The number of benzene rings is 2. The molecule has 2 atom stereocenters. The quantitative estimate of drug-likeness (QED) is 0.602. The molecule has 0 spiro atoms. The normalized spacial score (nSPS) is 19.0. The highest BCUT2D eigenvalue weighted by molar-refractivity contribution is 7.10. The van der Waals surface area contributed by atoms with Crippen molar-refractivity contribution in [1.82, 2.24) is 0 Å². The highest BCUT2D eigenvalue weighted by Gasteiger charge is 2.42. The first-order valence-corrected chi connectivity index (χ1v) is 10.5. The van der Waals surface area contributed by atoms with Gasteiger partial charge in [-0.25, -0.2) is 8.78 Å². The molecule has 7 heteroatoms. The van der Waals surface area contributed by atoms with Crippen LogP contribution in [-0.4, -0.2) is 11.8 Å². The number of hydrogen-bond donors (Lipinski definition) is 1. The third kappa shape index (κ3) is 3.98. The SMILES string of the molecule is Cc1ccc(N2C(=O)CC[C@H](C(=O)Nc3cc(F)ccc3F)[C@H]2c2cccs2)cc1. The van der Waals surface area contributed by atoms with Crippen molar-refractivity contribution in [3.8, 4) is 0 Å². The van der Waals surface area contributed by atoms with E-state index < -0.39 is 29.5 Å². The van der Waals surface area contributed by atoms with Gasteiger partial charge in [-0.3, -0.25) is 9.59 Å². The summed E-state index contributed by atoms with van der Waals surface area (Å²) in [5.74, 6) is -2.47. The Kier molecular flexibility index (Phi) is 5.63. The van der Waals surface area contributed by atoms with Gasteiger partial charge in [0.15, 0.2) is 0 Å². The maximum absolute atomic E-state index is 14.1. The second-order valence-electron chi connectivity index (χ2n) is 7.32. The van der Waals surface area contributed by atoms with Crippen molar-refractivity contribution < 1.29 is 18.4 Å². The average Bonchev–Trinajstić information content (AvgIpc) is 3.26. The molecule has 2 aromatic carbocycles. The Morgan fingerprint density at radius 3 is 2.60 bits per heavy atom. The van der Waals surface area contributed by atoms with Gasteiger partial charge in [0.1, 0.15) is 11.6 Å². The molecule has 3 aromatic rings. The van der Waals surface area contributed by atoms with E-state index in [0.29, 0.717) is 12.1 Å². The van der Waals surface area contributed by atoms with Gasteiger partial charge in [-0.05, 0) is 49.1 Å². The van der Waals surface area contributed by atoms with Crippen molar-refractivity contribution in [2.75, 3.05) is 10.2 Å². The number of amides is 2. The Morgan fingerprint density at radius 1 is 1.13 bits per heavy atom. The number of nitrogens with zero attached hydrogens (tertiary/aromatic N) is 1. The molecule has 1 aliphatic rings. The number of halogens is 2. The topological polar surface area (TPSA) is 49.4 Å². The number of anilines is 2. The number of rotatable bonds is 4. The van der Waals surface area contributed by atoms with Crippen molar-refractivity contribution in [3.63, 3.8) is 0 Å². The third-order valence-corrected chi connectivity index (χ3v) is 6.21. The number of thiophene rings is 1. The summed E-state index contributed by atoms with van der Waals surface area (Å²) in [5.41, 5.74) is 1.56. The number of piperidine rings is 1. The zero-order valence-electron chi connectivity index (χ0n) is 16.3. The highest BCUT2D eigenvalue weighted by atomic mass is 32.1. The van der Waals surface area contributed by atoms with Crippen molar-refractivity contribution in [3.05, 3.63) is 82.1 Å². The molecule has 0 radical (unpaired) electrons. The molecular weight excluding hydrogens is 406 g/mol. The standard InChI is InChI=1S/C23H20F2N2O2S/c1-14-4-7-16(8-5-14)27-21(28)11-9-17(22(27)20-3-2-12-30-20)23(29)26-19-13-15(24)6-10-18(19)25/h2-8,10,12-13,17,22H,9,11H2,1H3,(H,26,29)/t17-,22-/m0/s1. The van der Waals surface area contributed by atoms with Crippen LogP contribution in [0.4, 0.5) is 20.2 Å². The Labute approximate surface area is 177 Å². The minimum atomic E-state index is -0.709. The lowest BCUT2D eigenvalue weighted by atomic mass is 9.86. The molecule has 30 heavy (non-hydrogen) atoms. The Balaban J connectivity index is 1.71. The van der Waals surface area contributed by atoms with Crippen LogP contribution in [0.2, 0.25) is 0 Å². The van der Waals surface area contributed by atoms with Crippen molar-refractivity contribution in [2.45, 2.75) is 25.8 Å². The summed E-state index contributed by atoms with van der Waals surface area (Å²) in [6.45, 7) is 1.96. The van der Waals surface area contributed by atoms with Gasteiger partial charge >= 0.3 is 0 Å². The second kappa shape index (κ2) is 8.36. The van der Waals surface area contributed by atoms with Gasteiger partial charge in [0.2, 0.25) is 11.8 Å². The molecule has 2 amide bonds. The lowest BCUT2D eigenvalue weighted by molar-refractivity contribution is -0.125. The number of hydrogen-bond acceptors (Lipinski definition) is 3. The molecule has 1 aromatic heterocycles. The largest absolute Gasteiger partial charge is 0.323 e. The van der Waals surface area contributed by atoms with Gasteiger partial charge in [0.25, 0.3) is 0 Å². The fourth-order valence-corrected chi connectivity index (χ4v) is 4.66. The summed E-state index contributed by atoms with van der Waals surface area (Å²) in [6, 6.07) is 13.7. The smallest absolute Gasteiger partial charge is 0.230 e. The molecule has 1 fully saturated rings. The van der Waals surface area contributed by atoms with Crippen LogP contribution in [0.25, 0.3) is 0 Å². The minimum absolute atomic E-state index is 0.0711. The number of carbonyl (C=O) groups excluding carboxylic acids is 2. The number of nitrogens with one attached hydrogen (secondary N) is 1. The molecule has 4 rings (SSSR count). The van der Waals surface area contributed by atoms with Crippen molar-refractivity contribution in [2.24, 2.45) is 5.92 Å². The van der Waals surface area contributed by atoms with Crippen LogP contribution in [0, 0.1) is 24.5 Å². The summed E-state index contributed by atoms with van der Waals surface area (Å²) >= 11 is 1.46. The van der Waals surface area contributed by atoms with E-state index in [2.05, 4.69) is 5.32 Å². The van der Waals surface area contributed by atoms with Crippen LogP contribution < -0.4 is 10.2 Å². The summed E-state index contributed by atoms with van der Waals surface area (Å²) in [6.07, 6.45) is 0.520. The van der Waals surface area contributed by atoms with E-state index in [1.807, 2.05) is 48.7 Å². The van der Waals surface area contributed by atoms with E-state index in [9.17, 15) is 18.4 Å². The summed E-state index contributed by atoms with van der Waals surface area (Å²) in [7, 11) is 0. The van der Waals surface area contributed by atoms with Crippen LogP contribution in [0.1, 0.15) is 29.3 Å². The molecule has 4 nitrogen and oxygen atoms in total. The van der Waals surface area contributed by atoms with Gasteiger partial charge in [-0.1, -0.05) is 23.8 Å². The van der Waals surface area contributed by atoms with Gasteiger partial charge < -0.3 is 10.2 Å². The van der Waals surface area contributed by atoms with E-state index in [-0.39, 0.29) is 18.0 Å². The van der Waals surface area contributed by atoms with Crippen molar-refractivity contribution >= 4 is 34.5 Å². The third-order valence-electron chi connectivity index (χ3n) is 5.27. The van der Waals surface area contributed by atoms with Gasteiger partial charge in [-0.2, -0.15) is 0 Å². The molecule has 0 unspecified atom stereocenters. The molecule has 1 N–H and O–H groups in total. The lowest BCUT2D eigenvalue weighted by Crippen LogP contribution is -2.46. The second-order valence-corrected chi connectivity index (χ2v) is 8.30. The van der Waals surface area contributed by atoms with Crippen LogP contribution in [0.3, 0.4) is 0 Å². The van der Waals surface area contributed by atoms with Gasteiger partial charge in [0.05, 0.1) is 17.6 Å². The molecule has 0 aliphatic carbocycles. The molecular formula is C23H20F2N2O2S. The summed E-state index contributed by atoms with van der Waals surface area (Å²) in [4.78, 5) is 28.6.